The Morgan fingerprint density at radius 2 is 2.04 bits per heavy atom. The van der Waals surface area contributed by atoms with E-state index in [1.807, 2.05) is 12.1 Å². The third kappa shape index (κ3) is 2.60. The summed E-state index contributed by atoms with van der Waals surface area (Å²) in [6.07, 6.45) is 6.52. The number of nitrogens with two attached hydrogens (primary N) is 3. The summed E-state index contributed by atoms with van der Waals surface area (Å²) in [5.74, 6) is 8.38. The Labute approximate surface area is 164 Å². The molecule has 1 spiro atoms. The summed E-state index contributed by atoms with van der Waals surface area (Å²) in [4.78, 5) is 5.07. The van der Waals surface area contributed by atoms with Gasteiger partial charge in [-0.15, -0.1) is 10.4 Å². The van der Waals surface area contributed by atoms with E-state index in [0.29, 0.717) is 11.5 Å². The first-order valence-electron chi connectivity index (χ1n) is 7.39. The summed E-state index contributed by atoms with van der Waals surface area (Å²) in [5.41, 5.74) is 2.21. The van der Waals surface area contributed by atoms with Crippen LogP contribution in [0.5, 0.6) is 11.5 Å². The Balaban J connectivity index is 1.96. The maximum absolute atomic E-state index is 6.41. The fraction of sp³-hybridized carbons (Fsp3) is 0.467. The number of benzene rings is 1. The highest BCUT2D eigenvalue weighted by Gasteiger charge is 2.55. The van der Waals surface area contributed by atoms with Crippen LogP contribution in [-0.4, -0.2) is 13.3 Å². The fourth-order valence-corrected chi connectivity index (χ4v) is 6.78. The van der Waals surface area contributed by atoms with Crippen molar-refractivity contribution in [2.24, 2.45) is 16.2 Å². The summed E-state index contributed by atoms with van der Waals surface area (Å²) >= 11 is 4.94. The average molecular weight is 559 g/mol. The van der Waals surface area contributed by atoms with Crippen LogP contribution in [0.1, 0.15) is 24.0 Å². The van der Waals surface area contributed by atoms with Crippen molar-refractivity contribution in [1.29, 1.82) is 0 Å². The van der Waals surface area contributed by atoms with Gasteiger partial charge in [-0.1, -0.05) is 63.4 Å². The highest BCUT2D eigenvalue weighted by atomic mass is 127. The molecule has 0 bridgehead atoms. The lowest BCUT2D eigenvalue weighted by Crippen LogP contribution is -2.43. The molecular weight excluding hydrogens is 540 g/mol. The lowest BCUT2D eigenvalue weighted by molar-refractivity contribution is 0.150. The Hall–Kier alpha value is 0.250. The van der Waals surface area contributed by atoms with E-state index in [1.54, 1.807) is 0 Å². The van der Waals surface area contributed by atoms with Gasteiger partial charge in [-0.3, -0.25) is 10.3 Å². The normalized spacial score (nSPS) is 33.9. The molecular formula is C15H19I2N3O2S. The number of ether oxygens (including phenoxy) is 1. The number of rotatable bonds is 1. The van der Waals surface area contributed by atoms with Gasteiger partial charge in [0.05, 0.1) is 6.84 Å². The molecule has 1 aliphatic carbocycles. The van der Waals surface area contributed by atoms with Gasteiger partial charge in [-0.25, -0.2) is 0 Å². The summed E-state index contributed by atoms with van der Waals surface area (Å²) in [6.45, 7) is 0. The monoisotopic (exact) mass is 559 g/mol. The van der Waals surface area contributed by atoms with Crippen LogP contribution < -0.4 is 25.7 Å². The summed E-state index contributed by atoms with van der Waals surface area (Å²) in [7, 11) is -1.62. The van der Waals surface area contributed by atoms with Crippen LogP contribution >= 0.6 is 55.6 Å². The van der Waals surface area contributed by atoms with Crippen molar-refractivity contribution in [2.75, 3.05) is 5.75 Å². The first-order chi connectivity index (χ1) is 10.8. The van der Waals surface area contributed by atoms with E-state index in [2.05, 4.69) is 57.3 Å². The number of hydrogen-bond donors (Lipinski definition) is 3. The predicted molar refractivity (Wildman–Crippen MR) is 111 cm³/mol. The SMILES string of the molecule is NOc1ccc2c3c1OC1CC(I)(I)C=CC31CCS(N)(N)C2. The zero-order chi connectivity index (χ0) is 16.5. The molecule has 2 aliphatic heterocycles. The van der Waals surface area contributed by atoms with Crippen LogP contribution in [0.4, 0.5) is 0 Å². The van der Waals surface area contributed by atoms with Gasteiger partial charge in [0.25, 0.3) is 0 Å². The van der Waals surface area contributed by atoms with E-state index in [1.165, 1.54) is 11.1 Å². The van der Waals surface area contributed by atoms with E-state index in [4.69, 9.17) is 25.7 Å². The molecule has 0 saturated heterocycles. The smallest absolute Gasteiger partial charge is 0.188 e. The van der Waals surface area contributed by atoms with Gasteiger partial charge in [0.2, 0.25) is 0 Å². The van der Waals surface area contributed by atoms with E-state index in [-0.39, 0.29) is 12.9 Å². The van der Waals surface area contributed by atoms with E-state index in [0.717, 1.165) is 24.3 Å². The molecule has 2 unspecified atom stereocenters. The van der Waals surface area contributed by atoms with Crippen molar-refractivity contribution in [3.8, 4) is 11.5 Å². The molecule has 3 aliphatic rings. The molecule has 2 atom stereocenters. The van der Waals surface area contributed by atoms with Crippen molar-refractivity contribution in [1.82, 2.24) is 0 Å². The minimum absolute atomic E-state index is 0.0546. The van der Waals surface area contributed by atoms with Crippen molar-refractivity contribution in [3.63, 3.8) is 0 Å². The Morgan fingerprint density at radius 1 is 1.26 bits per heavy atom. The van der Waals surface area contributed by atoms with Gasteiger partial charge in [0.15, 0.2) is 11.5 Å². The topological polar surface area (TPSA) is 96.5 Å². The molecule has 23 heavy (non-hydrogen) atoms. The molecule has 0 aromatic heterocycles. The largest absolute Gasteiger partial charge is 0.485 e. The Morgan fingerprint density at radius 3 is 2.78 bits per heavy atom. The molecule has 0 radical (unpaired) electrons. The van der Waals surface area contributed by atoms with E-state index < -0.39 is 10.4 Å². The van der Waals surface area contributed by atoms with Crippen LogP contribution in [0.25, 0.3) is 0 Å². The quantitative estimate of drug-likeness (QED) is 0.213. The molecule has 0 saturated carbocycles. The van der Waals surface area contributed by atoms with E-state index >= 15 is 0 Å². The number of hydrogen-bond acceptors (Lipinski definition) is 5. The molecule has 1 aromatic rings. The maximum atomic E-state index is 6.41. The van der Waals surface area contributed by atoms with Crippen molar-refractivity contribution in [3.05, 3.63) is 35.4 Å². The third-order valence-corrected chi connectivity index (χ3v) is 8.45. The van der Waals surface area contributed by atoms with Crippen LogP contribution in [0.15, 0.2) is 24.3 Å². The third-order valence-electron chi connectivity index (χ3n) is 5.04. The maximum Gasteiger partial charge on any atom is 0.188 e. The number of halogens is 2. The van der Waals surface area contributed by atoms with Crippen molar-refractivity contribution < 1.29 is 9.57 Å². The van der Waals surface area contributed by atoms with Gasteiger partial charge in [-0.2, -0.15) is 5.90 Å². The second-order valence-corrected chi connectivity index (χ2v) is 15.2. The first-order valence-corrected chi connectivity index (χ1v) is 11.6. The fourth-order valence-electron chi connectivity index (χ4n) is 3.94. The Kier molecular flexibility index (Phi) is 3.90. The standard InChI is InChI=1S/C15H19I2N3O2S/c16-15(17)4-3-14-5-6-23(19,20)8-9-1-2-10(22-18)13(12(9)14)21-11(14)7-15/h1-4,11H,5-8,18-20H2. The first kappa shape index (κ1) is 16.7. The summed E-state index contributed by atoms with van der Waals surface area (Å²) in [5, 5.41) is 12.8. The van der Waals surface area contributed by atoms with Gasteiger partial charge in [0.1, 0.15) is 6.10 Å². The Bertz CT molecular complexity index is 710. The number of alkyl halides is 2. The number of allylic oxidation sites excluding steroid dienone is 1. The lowest BCUT2D eigenvalue weighted by atomic mass is 9.69. The molecule has 1 aromatic carbocycles. The average Bonchev–Trinajstić information content (AvgIpc) is 2.73. The van der Waals surface area contributed by atoms with Gasteiger partial charge >= 0.3 is 0 Å². The molecule has 0 amide bonds. The van der Waals surface area contributed by atoms with Crippen LogP contribution in [0.2, 0.25) is 0 Å². The lowest BCUT2D eigenvalue weighted by Gasteiger charge is -2.39. The minimum atomic E-state index is -1.62. The molecule has 6 N–H and O–H groups in total. The molecule has 126 valence electrons. The van der Waals surface area contributed by atoms with Crippen molar-refractivity contribution >= 4 is 55.6 Å². The summed E-state index contributed by atoms with van der Waals surface area (Å²) < 4.78 is 6.42. The predicted octanol–water partition coefficient (Wildman–Crippen LogP) is 2.92. The van der Waals surface area contributed by atoms with Crippen LogP contribution in [0, 0.1) is 0 Å². The van der Waals surface area contributed by atoms with Gasteiger partial charge < -0.3 is 9.57 Å². The highest BCUT2D eigenvalue weighted by molar-refractivity contribution is 14.2. The molecule has 8 heteroatoms. The van der Waals surface area contributed by atoms with Gasteiger partial charge in [0, 0.05) is 23.5 Å². The second kappa shape index (κ2) is 5.37. The van der Waals surface area contributed by atoms with Gasteiger partial charge in [-0.05, 0) is 18.1 Å². The summed E-state index contributed by atoms with van der Waals surface area (Å²) in [6, 6.07) is 3.91. The zero-order valence-corrected chi connectivity index (χ0v) is 17.6. The highest BCUT2D eigenvalue weighted by Crippen LogP contribution is 2.61. The van der Waals surface area contributed by atoms with Crippen molar-refractivity contribution in [2.45, 2.75) is 31.5 Å². The molecule has 0 fully saturated rings. The van der Waals surface area contributed by atoms with Crippen LogP contribution in [-0.2, 0) is 11.2 Å². The molecule has 2 heterocycles. The second-order valence-electron chi connectivity index (χ2n) is 6.60. The zero-order valence-electron chi connectivity index (χ0n) is 12.4. The minimum Gasteiger partial charge on any atom is -0.485 e. The van der Waals surface area contributed by atoms with E-state index in [9.17, 15) is 0 Å². The molecule has 5 nitrogen and oxygen atoms in total. The molecule has 4 rings (SSSR count). The van der Waals surface area contributed by atoms with Crippen LogP contribution in [0.3, 0.4) is 0 Å².